The summed E-state index contributed by atoms with van der Waals surface area (Å²) in [6, 6.07) is 30.7. The zero-order chi connectivity index (χ0) is 29.0. The highest BCUT2D eigenvalue weighted by molar-refractivity contribution is 5.90. The minimum absolute atomic E-state index is 0.0459. The van der Waals surface area contributed by atoms with Gasteiger partial charge in [0.1, 0.15) is 0 Å². The van der Waals surface area contributed by atoms with Gasteiger partial charge in [-0.15, -0.1) is 5.73 Å². The van der Waals surface area contributed by atoms with Crippen LogP contribution in [0.5, 0.6) is 0 Å². The first kappa shape index (κ1) is 25.6. The monoisotopic (exact) mass is 551 g/mol. The standard InChI is InChI=1S/C36H29N3O3/c1-36(2)30-14-7-6-12-27(30)28-17-16-26(22-31(28)36)38-20-19-24-21-23(15-18-32(24)38)9-8-13-29-33(35(41)42)37-39(34(29)40)25-10-4-3-5-11-25/h3-7,9-18,21-22,37H,19-20H2,1-2H3,(H,41,42). The number of anilines is 2. The van der Waals surface area contributed by atoms with E-state index >= 15 is 0 Å². The van der Waals surface area contributed by atoms with Crippen molar-refractivity contribution in [1.29, 1.82) is 0 Å². The molecule has 0 amide bonds. The molecule has 2 heterocycles. The average molecular weight is 552 g/mol. The maximum atomic E-state index is 13.0. The van der Waals surface area contributed by atoms with Gasteiger partial charge in [-0.05, 0) is 88.4 Å². The van der Waals surface area contributed by atoms with Gasteiger partial charge in [-0.25, -0.2) is 9.48 Å². The zero-order valence-electron chi connectivity index (χ0n) is 23.4. The van der Waals surface area contributed by atoms with Crippen LogP contribution < -0.4 is 10.5 Å². The number of nitrogens with zero attached hydrogens (tertiary/aromatic N) is 2. The highest BCUT2D eigenvalue weighted by Gasteiger charge is 2.36. The Morgan fingerprint density at radius 3 is 2.45 bits per heavy atom. The van der Waals surface area contributed by atoms with Crippen molar-refractivity contribution >= 4 is 29.5 Å². The fraction of sp³-hybridized carbons (Fsp3) is 0.139. The van der Waals surface area contributed by atoms with E-state index in [0.29, 0.717) is 5.69 Å². The molecule has 0 fully saturated rings. The number of aromatic nitrogens is 2. The van der Waals surface area contributed by atoms with Crippen LogP contribution in [-0.4, -0.2) is 27.4 Å². The number of benzene rings is 4. The molecule has 2 N–H and O–H groups in total. The van der Waals surface area contributed by atoms with Crippen molar-refractivity contribution in [2.24, 2.45) is 0 Å². The third-order valence-corrected chi connectivity index (χ3v) is 8.51. The number of fused-ring (bicyclic) bond motifs is 4. The van der Waals surface area contributed by atoms with E-state index in [0.717, 1.165) is 18.5 Å². The molecule has 2 aliphatic rings. The SMILES string of the molecule is CC1(C)c2ccccc2-c2ccc(N3CCc4cc(C=C=Cc5c(C(=O)O)[nH]n(-c6ccccc6)c5=O)ccc43)cc21. The maximum Gasteiger partial charge on any atom is 0.354 e. The molecule has 0 unspecified atom stereocenters. The minimum atomic E-state index is -1.20. The van der Waals surface area contributed by atoms with Crippen LogP contribution in [0.2, 0.25) is 0 Å². The Morgan fingerprint density at radius 2 is 1.64 bits per heavy atom. The summed E-state index contributed by atoms with van der Waals surface area (Å²) < 4.78 is 1.24. The number of carboxylic acid groups (broad SMARTS) is 1. The summed E-state index contributed by atoms with van der Waals surface area (Å²) in [7, 11) is 0. The van der Waals surface area contributed by atoms with E-state index in [1.54, 1.807) is 30.3 Å². The number of hydrogen-bond donors (Lipinski definition) is 2. The molecule has 4 aromatic carbocycles. The van der Waals surface area contributed by atoms with E-state index < -0.39 is 11.5 Å². The van der Waals surface area contributed by atoms with Crippen LogP contribution in [0.25, 0.3) is 29.0 Å². The quantitative estimate of drug-likeness (QED) is 0.227. The number of carboxylic acids is 1. The van der Waals surface area contributed by atoms with Gasteiger partial charge in [-0.2, -0.15) is 0 Å². The lowest BCUT2D eigenvalue weighted by molar-refractivity contribution is 0.0689. The molecule has 1 aliphatic carbocycles. The predicted octanol–water partition coefficient (Wildman–Crippen LogP) is 7.19. The van der Waals surface area contributed by atoms with E-state index in [2.05, 4.69) is 84.2 Å². The zero-order valence-corrected chi connectivity index (χ0v) is 23.4. The molecule has 42 heavy (non-hydrogen) atoms. The number of hydrogen-bond acceptors (Lipinski definition) is 3. The summed E-state index contributed by atoms with van der Waals surface area (Å²) in [5.74, 6) is -1.20. The summed E-state index contributed by atoms with van der Waals surface area (Å²) >= 11 is 0. The molecular weight excluding hydrogens is 522 g/mol. The lowest BCUT2D eigenvalue weighted by Crippen LogP contribution is -2.17. The van der Waals surface area contributed by atoms with Gasteiger partial charge in [0, 0.05) is 23.3 Å². The van der Waals surface area contributed by atoms with Crippen LogP contribution in [-0.2, 0) is 11.8 Å². The molecule has 0 saturated carbocycles. The number of H-pyrrole nitrogens is 1. The van der Waals surface area contributed by atoms with Crippen LogP contribution in [0.1, 0.15) is 52.2 Å². The van der Waals surface area contributed by atoms with Gasteiger partial charge in [0.05, 0.1) is 11.3 Å². The number of nitrogens with one attached hydrogen (secondary N) is 1. The second kappa shape index (κ2) is 9.65. The van der Waals surface area contributed by atoms with Crippen molar-refractivity contribution in [3.63, 3.8) is 0 Å². The van der Waals surface area contributed by atoms with E-state index in [-0.39, 0.29) is 16.7 Å². The molecule has 0 atom stereocenters. The van der Waals surface area contributed by atoms with Crippen molar-refractivity contribution in [1.82, 2.24) is 9.78 Å². The topological polar surface area (TPSA) is 78.3 Å². The molecule has 5 aromatic rings. The molecule has 0 saturated heterocycles. The van der Waals surface area contributed by atoms with Crippen molar-refractivity contribution in [3.8, 4) is 16.8 Å². The summed E-state index contributed by atoms with van der Waals surface area (Å²) in [5.41, 5.74) is 12.9. The van der Waals surface area contributed by atoms with Gasteiger partial charge in [0.15, 0.2) is 5.69 Å². The fourth-order valence-electron chi connectivity index (χ4n) is 6.37. The van der Waals surface area contributed by atoms with Gasteiger partial charge >= 0.3 is 5.97 Å². The first-order chi connectivity index (χ1) is 20.3. The second-order valence-electron chi connectivity index (χ2n) is 11.3. The summed E-state index contributed by atoms with van der Waals surface area (Å²) in [6.45, 7) is 5.50. The van der Waals surface area contributed by atoms with Gasteiger partial charge in [0.2, 0.25) is 0 Å². The molecule has 206 valence electrons. The molecule has 6 nitrogen and oxygen atoms in total. The lowest BCUT2D eigenvalue weighted by Gasteiger charge is -2.25. The maximum absolute atomic E-state index is 13.0. The predicted molar refractivity (Wildman–Crippen MR) is 167 cm³/mol. The van der Waals surface area contributed by atoms with Crippen molar-refractivity contribution < 1.29 is 9.90 Å². The smallest absolute Gasteiger partial charge is 0.354 e. The van der Waals surface area contributed by atoms with Crippen LogP contribution in [0.4, 0.5) is 11.4 Å². The summed E-state index contributed by atoms with van der Waals surface area (Å²) in [5, 5.41) is 12.4. The Labute approximate surface area is 243 Å². The molecule has 1 aliphatic heterocycles. The minimum Gasteiger partial charge on any atom is -0.477 e. The van der Waals surface area contributed by atoms with Gasteiger partial charge in [0.25, 0.3) is 5.56 Å². The molecular formula is C36H29N3O3. The molecule has 0 bridgehead atoms. The Kier molecular flexibility index (Phi) is 5.89. The van der Waals surface area contributed by atoms with Gasteiger partial charge in [-0.3, -0.25) is 9.89 Å². The molecule has 1 aromatic heterocycles. The Morgan fingerprint density at radius 1 is 0.881 bits per heavy atom. The van der Waals surface area contributed by atoms with Crippen LogP contribution in [0.15, 0.2) is 102 Å². The van der Waals surface area contributed by atoms with E-state index in [9.17, 15) is 14.7 Å². The molecule has 6 heteroatoms. The van der Waals surface area contributed by atoms with Crippen LogP contribution >= 0.6 is 0 Å². The van der Waals surface area contributed by atoms with E-state index in [4.69, 9.17) is 0 Å². The van der Waals surface area contributed by atoms with Crippen molar-refractivity contribution in [2.45, 2.75) is 25.7 Å². The second-order valence-corrected chi connectivity index (χ2v) is 11.3. The fourth-order valence-corrected chi connectivity index (χ4v) is 6.37. The number of rotatable bonds is 5. The largest absolute Gasteiger partial charge is 0.477 e. The summed E-state index contributed by atoms with van der Waals surface area (Å²) in [4.78, 5) is 27.2. The lowest BCUT2D eigenvalue weighted by atomic mass is 9.82. The first-order valence-corrected chi connectivity index (χ1v) is 14.0. The van der Waals surface area contributed by atoms with Crippen LogP contribution in [0.3, 0.4) is 0 Å². The van der Waals surface area contributed by atoms with Crippen LogP contribution in [0, 0.1) is 0 Å². The van der Waals surface area contributed by atoms with Gasteiger partial charge in [-0.1, -0.05) is 68.4 Å². The number of aromatic carboxylic acids is 1. The Balaban J connectivity index is 1.17. The van der Waals surface area contributed by atoms with Crippen molar-refractivity contribution in [3.05, 3.63) is 141 Å². The number of carbonyl (C=O) groups is 1. The summed E-state index contributed by atoms with van der Waals surface area (Å²) in [6.07, 6.45) is 4.14. The van der Waals surface area contributed by atoms with Crippen molar-refractivity contribution in [2.75, 3.05) is 11.4 Å². The highest BCUT2D eigenvalue weighted by Crippen LogP contribution is 2.50. The average Bonchev–Trinajstić information content (AvgIpc) is 3.64. The number of para-hydroxylation sites is 1. The number of aromatic amines is 1. The Bertz CT molecular complexity index is 2010. The molecule has 7 rings (SSSR count). The first-order valence-electron chi connectivity index (χ1n) is 14.0. The third-order valence-electron chi connectivity index (χ3n) is 8.51. The molecule has 0 spiro atoms. The normalized spacial score (nSPS) is 14.1. The van der Waals surface area contributed by atoms with E-state index in [1.165, 1.54) is 49.9 Å². The van der Waals surface area contributed by atoms with E-state index in [1.807, 2.05) is 12.1 Å². The third kappa shape index (κ3) is 4.04. The Hall–Kier alpha value is -5.32. The molecule has 0 radical (unpaired) electrons. The highest BCUT2D eigenvalue weighted by atomic mass is 16.4. The van der Waals surface area contributed by atoms with Gasteiger partial charge < -0.3 is 10.0 Å².